The molecule has 24 heavy (non-hydrogen) atoms. The van der Waals surface area contributed by atoms with Crippen LogP contribution in [0.1, 0.15) is 52.7 Å². The van der Waals surface area contributed by atoms with E-state index in [1.807, 2.05) is 20.9 Å². The lowest BCUT2D eigenvalue weighted by molar-refractivity contribution is -0.885. The van der Waals surface area contributed by atoms with E-state index in [1.165, 1.54) is 11.1 Å². The Morgan fingerprint density at radius 3 is 2.17 bits per heavy atom. The first-order chi connectivity index (χ1) is 11.0. The van der Waals surface area contributed by atoms with E-state index in [9.17, 15) is 10.1 Å². The van der Waals surface area contributed by atoms with Crippen LogP contribution in [0, 0.1) is 17.2 Å². The van der Waals surface area contributed by atoms with Gasteiger partial charge in [0.15, 0.2) is 6.54 Å². The highest BCUT2D eigenvalue weighted by Crippen LogP contribution is 2.21. The largest absolute Gasteiger partial charge is 0.333 e. The number of nitrogens with one attached hydrogen (secondary N) is 2. The minimum Gasteiger partial charge on any atom is -0.333 e. The summed E-state index contributed by atoms with van der Waals surface area (Å²) in [5.41, 5.74) is 1.85. The molecule has 0 heterocycles. The lowest BCUT2D eigenvalue weighted by Crippen LogP contribution is -3.09. The van der Waals surface area contributed by atoms with Gasteiger partial charge in [0.05, 0.1) is 13.1 Å². The van der Waals surface area contributed by atoms with Gasteiger partial charge in [-0.15, -0.1) is 0 Å². The number of quaternary nitrogens is 1. The van der Waals surface area contributed by atoms with Crippen LogP contribution in [0.25, 0.3) is 0 Å². The summed E-state index contributed by atoms with van der Waals surface area (Å²) in [5.74, 6) is -0.0201. The Morgan fingerprint density at radius 2 is 1.75 bits per heavy atom. The predicted octanol–water partition coefficient (Wildman–Crippen LogP) is 2.05. The molecule has 2 N–H and O–H groups in total. The lowest BCUT2D eigenvalue weighted by atomic mass is 9.87. The summed E-state index contributed by atoms with van der Waals surface area (Å²) in [6.07, 6.45) is 0. The molecule has 0 aliphatic heterocycles. The summed E-state index contributed by atoms with van der Waals surface area (Å²) in [6.45, 7) is 13.4. The summed E-state index contributed by atoms with van der Waals surface area (Å²) < 4.78 is 0. The molecule has 4 heteroatoms. The zero-order valence-corrected chi connectivity index (χ0v) is 16.2. The molecule has 0 aliphatic carbocycles. The van der Waals surface area contributed by atoms with Gasteiger partial charge in [-0.2, -0.15) is 5.26 Å². The molecule has 4 nitrogen and oxygen atoms in total. The Kier molecular flexibility index (Phi) is 6.57. The maximum atomic E-state index is 12.2. The number of amides is 1. The standard InChI is InChI=1S/C20H31N3O/c1-15(2)20(6,14-21)22-18(24)13-23(7)12-16-8-10-17(11-9-16)19(3,4)5/h8-11,15H,12-13H2,1-7H3,(H,22,24)/p+1/t20-/m1/s1. The van der Waals surface area contributed by atoms with Crippen molar-refractivity contribution in [2.75, 3.05) is 13.6 Å². The first kappa shape index (κ1) is 20.2. The second-order valence-corrected chi connectivity index (χ2v) is 8.27. The fourth-order valence-electron chi connectivity index (χ4n) is 2.44. The number of hydrogen-bond donors (Lipinski definition) is 2. The first-order valence-electron chi connectivity index (χ1n) is 8.61. The van der Waals surface area contributed by atoms with Gasteiger partial charge in [0.2, 0.25) is 0 Å². The SMILES string of the molecule is CC(C)[C@@](C)(C#N)NC(=O)C[NH+](C)Cc1ccc(C(C)(C)C)cc1. The fraction of sp³-hybridized carbons (Fsp3) is 0.600. The van der Waals surface area contributed by atoms with Crippen LogP contribution >= 0.6 is 0 Å². The van der Waals surface area contributed by atoms with Crippen molar-refractivity contribution in [2.24, 2.45) is 5.92 Å². The second kappa shape index (κ2) is 7.81. The number of carbonyl (C=O) groups excluding carboxylic acids is 1. The molecule has 1 amide bonds. The molecule has 0 saturated heterocycles. The van der Waals surface area contributed by atoms with Crippen LogP contribution < -0.4 is 10.2 Å². The summed E-state index contributed by atoms with van der Waals surface area (Å²) in [7, 11) is 2.00. The Labute approximate surface area is 146 Å². The third-order valence-electron chi connectivity index (χ3n) is 4.57. The Morgan fingerprint density at radius 1 is 1.21 bits per heavy atom. The van der Waals surface area contributed by atoms with Crippen LogP contribution in [0.5, 0.6) is 0 Å². The zero-order chi connectivity index (χ0) is 18.5. The third kappa shape index (κ3) is 5.65. The molecular formula is C20H32N3O+. The van der Waals surface area contributed by atoms with Gasteiger partial charge in [0.1, 0.15) is 12.1 Å². The number of hydrogen-bond acceptors (Lipinski definition) is 2. The average molecular weight is 330 g/mol. The van der Waals surface area contributed by atoms with Gasteiger partial charge in [0, 0.05) is 5.56 Å². The molecule has 1 aromatic rings. The second-order valence-electron chi connectivity index (χ2n) is 8.27. The molecule has 0 aromatic heterocycles. The molecule has 0 fully saturated rings. The summed E-state index contributed by atoms with van der Waals surface area (Å²) in [4.78, 5) is 13.3. The normalized spacial score (nSPS) is 15.5. The molecule has 132 valence electrons. The molecular weight excluding hydrogens is 298 g/mol. The van der Waals surface area contributed by atoms with Crippen LogP contribution in [0.4, 0.5) is 0 Å². The van der Waals surface area contributed by atoms with Crippen LogP contribution in [0.3, 0.4) is 0 Å². The topological polar surface area (TPSA) is 57.3 Å². The zero-order valence-electron chi connectivity index (χ0n) is 16.2. The van der Waals surface area contributed by atoms with E-state index in [-0.39, 0.29) is 17.2 Å². The predicted molar refractivity (Wildman–Crippen MR) is 97.6 cm³/mol. The van der Waals surface area contributed by atoms with Gasteiger partial charge >= 0.3 is 0 Å². The van der Waals surface area contributed by atoms with E-state index in [4.69, 9.17) is 0 Å². The minimum absolute atomic E-state index is 0.0664. The number of rotatable bonds is 6. The number of nitriles is 1. The first-order valence-corrected chi connectivity index (χ1v) is 8.61. The van der Waals surface area contributed by atoms with Crippen molar-refractivity contribution in [3.05, 3.63) is 35.4 Å². The fourth-order valence-corrected chi connectivity index (χ4v) is 2.44. The Hall–Kier alpha value is -1.86. The highest BCUT2D eigenvalue weighted by Gasteiger charge is 2.30. The van der Waals surface area contributed by atoms with Crippen LogP contribution in [0.15, 0.2) is 24.3 Å². The highest BCUT2D eigenvalue weighted by molar-refractivity contribution is 5.78. The summed E-state index contributed by atoms with van der Waals surface area (Å²) in [5, 5.41) is 12.2. The van der Waals surface area contributed by atoms with Crippen molar-refractivity contribution < 1.29 is 9.69 Å². The molecule has 1 unspecified atom stereocenters. The van der Waals surface area contributed by atoms with E-state index in [2.05, 4.69) is 56.4 Å². The van der Waals surface area contributed by atoms with Crippen molar-refractivity contribution in [1.82, 2.24) is 5.32 Å². The van der Waals surface area contributed by atoms with E-state index in [0.29, 0.717) is 6.54 Å². The van der Waals surface area contributed by atoms with Crippen LogP contribution in [-0.2, 0) is 16.8 Å². The van der Waals surface area contributed by atoms with Crippen LogP contribution in [0.2, 0.25) is 0 Å². The maximum Gasteiger partial charge on any atom is 0.276 e. The third-order valence-corrected chi connectivity index (χ3v) is 4.57. The number of benzene rings is 1. The number of carbonyl (C=O) groups is 1. The quantitative estimate of drug-likeness (QED) is 0.839. The minimum atomic E-state index is -0.814. The van der Waals surface area contributed by atoms with Gasteiger partial charge < -0.3 is 10.2 Å². The van der Waals surface area contributed by atoms with Gasteiger partial charge in [0.25, 0.3) is 5.91 Å². The van der Waals surface area contributed by atoms with Gasteiger partial charge in [-0.05, 0) is 23.8 Å². The Bertz CT molecular complexity index is 593. The number of nitrogens with zero attached hydrogens (tertiary/aromatic N) is 1. The van der Waals surface area contributed by atoms with Crippen molar-refractivity contribution in [2.45, 2.75) is 59.0 Å². The van der Waals surface area contributed by atoms with Crippen molar-refractivity contribution in [1.29, 1.82) is 5.26 Å². The molecule has 0 aliphatic rings. The maximum absolute atomic E-state index is 12.2. The van der Waals surface area contributed by atoms with Gasteiger partial charge in [-0.1, -0.05) is 58.9 Å². The molecule has 2 atom stereocenters. The average Bonchev–Trinajstić information content (AvgIpc) is 2.46. The lowest BCUT2D eigenvalue weighted by Gasteiger charge is -2.27. The summed E-state index contributed by atoms with van der Waals surface area (Å²) in [6, 6.07) is 10.8. The van der Waals surface area contributed by atoms with E-state index < -0.39 is 5.54 Å². The van der Waals surface area contributed by atoms with E-state index in [0.717, 1.165) is 11.4 Å². The number of likely N-dealkylation sites (N-methyl/N-ethyl adjacent to an activating group) is 1. The Balaban J connectivity index is 2.62. The molecule has 0 spiro atoms. The van der Waals surface area contributed by atoms with E-state index >= 15 is 0 Å². The van der Waals surface area contributed by atoms with Gasteiger partial charge in [-0.25, -0.2) is 0 Å². The van der Waals surface area contributed by atoms with Crippen molar-refractivity contribution in [3.8, 4) is 6.07 Å². The smallest absolute Gasteiger partial charge is 0.276 e. The molecule has 1 rings (SSSR count). The van der Waals surface area contributed by atoms with Crippen molar-refractivity contribution in [3.63, 3.8) is 0 Å². The van der Waals surface area contributed by atoms with Crippen LogP contribution in [-0.4, -0.2) is 25.0 Å². The summed E-state index contributed by atoms with van der Waals surface area (Å²) >= 11 is 0. The monoisotopic (exact) mass is 330 g/mol. The molecule has 1 aromatic carbocycles. The highest BCUT2D eigenvalue weighted by atomic mass is 16.2. The molecule has 0 radical (unpaired) electrons. The molecule has 0 bridgehead atoms. The van der Waals surface area contributed by atoms with E-state index in [1.54, 1.807) is 6.92 Å². The molecule has 0 saturated carbocycles. The van der Waals surface area contributed by atoms with Crippen molar-refractivity contribution >= 4 is 5.91 Å². The van der Waals surface area contributed by atoms with Gasteiger partial charge in [-0.3, -0.25) is 4.79 Å².